The molecule has 1 fully saturated rings. The van der Waals surface area contributed by atoms with E-state index < -0.39 is 10.0 Å². The highest BCUT2D eigenvalue weighted by atomic mass is 32.2. The van der Waals surface area contributed by atoms with Crippen molar-refractivity contribution in [2.45, 2.75) is 51.0 Å². The van der Waals surface area contributed by atoms with Crippen molar-refractivity contribution >= 4 is 15.9 Å². The Morgan fingerprint density at radius 1 is 1.10 bits per heavy atom. The van der Waals surface area contributed by atoms with Gasteiger partial charge in [-0.1, -0.05) is 48.0 Å². The molecule has 1 N–H and O–H groups in total. The van der Waals surface area contributed by atoms with Crippen LogP contribution >= 0.6 is 0 Å². The monoisotopic (exact) mass is 414 g/mol. The van der Waals surface area contributed by atoms with Crippen molar-refractivity contribution in [3.8, 4) is 0 Å². The summed E-state index contributed by atoms with van der Waals surface area (Å²) in [6, 6.07) is 15.2. The number of amides is 1. The van der Waals surface area contributed by atoms with Crippen LogP contribution in [0.2, 0.25) is 0 Å². The Labute approximate surface area is 174 Å². The summed E-state index contributed by atoms with van der Waals surface area (Å²) in [5, 5.41) is 2.96. The van der Waals surface area contributed by atoms with Crippen molar-refractivity contribution in [1.82, 2.24) is 9.62 Å². The van der Waals surface area contributed by atoms with Gasteiger partial charge in [0.1, 0.15) is 0 Å². The molecule has 0 saturated carbocycles. The SMILES string of the molecule is Cc1ccc(CNC(=O)CCC2CCCN(S(=O)(=O)c3ccccc3C)C2)cc1. The number of sulfonamides is 1. The molecule has 0 bridgehead atoms. The number of hydrogen-bond acceptors (Lipinski definition) is 3. The van der Waals surface area contributed by atoms with Gasteiger partial charge in [0.05, 0.1) is 4.90 Å². The average Bonchev–Trinajstić information content (AvgIpc) is 2.72. The van der Waals surface area contributed by atoms with Gasteiger partial charge in [0, 0.05) is 26.1 Å². The van der Waals surface area contributed by atoms with Crippen LogP contribution in [0.1, 0.15) is 42.4 Å². The van der Waals surface area contributed by atoms with Gasteiger partial charge in [-0.25, -0.2) is 8.42 Å². The van der Waals surface area contributed by atoms with E-state index in [0.717, 1.165) is 24.0 Å². The molecule has 29 heavy (non-hydrogen) atoms. The molecule has 156 valence electrons. The molecule has 1 aliphatic rings. The van der Waals surface area contributed by atoms with Gasteiger partial charge in [0.15, 0.2) is 0 Å². The molecule has 3 rings (SSSR count). The molecule has 1 heterocycles. The van der Waals surface area contributed by atoms with Crippen LogP contribution in [0, 0.1) is 19.8 Å². The highest BCUT2D eigenvalue weighted by Crippen LogP contribution is 2.27. The lowest BCUT2D eigenvalue weighted by Crippen LogP contribution is -2.40. The fourth-order valence-corrected chi connectivity index (χ4v) is 5.58. The van der Waals surface area contributed by atoms with Crippen LogP contribution < -0.4 is 5.32 Å². The minimum Gasteiger partial charge on any atom is -0.352 e. The number of benzene rings is 2. The van der Waals surface area contributed by atoms with Gasteiger partial charge in [-0.05, 0) is 56.2 Å². The molecule has 5 nitrogen and oxygen atoms in total. The van der Waals surface area contributed by atoms with Crippen molar-refractivity contribution in [2.75, 3.05) is 13.1 Å². The summed E-state index contributed by atoms with van der Waals surface area (Å²) in [6.07, 6.45) is 2.93. The zero-order valence-electron chi connectivity index (χ0n) is 17.2. The van der Waals surface area contributed by atoms with E-state index in [0.29, 0.717) is 37.4 Å². The Kier molecular flexibility index (Phi) is 7.09. The maximum atomic E-state index is 13.0. The second kappa shape index (κ2) is 9.55. The highest BCUT2D eigenvalue weighted by Gasteiger charge is 2.31. The second-order valence-corrected chi connectivity index (χ2v) is 9.84. The van der Waals surface area contributed by atoms with Crippen LogP contribution in [0.3, 0.4) is 0 Å². The highest BCUT2D eigenvalue weighted by molar-refractivity contribution is 7.89. The summed E-state index contributed by atoms with van der Waals surface area (Å²) in [4.78, 5) is 12.6. The molecule has 0 spiro atoms. The molecular weight excluding hydrogens is 384 g/mol. The van der Waals surface area contributed by atoms with E-state index >= 15 is 0 Å². The maximum Gasteiger partial charge on any atom is 0.243 e. The van der Waals surface area contributed by atoms with Crippen molar-refractivity contribution in [1.29, 1.82) is 0 Å². The molecule has 1 saturated heterocycles. The topological polar surface area (TPSA) is 66.5 Å². The quantitative estimate of drug-likeness (QED) is 0.749. The first-order valence-electron chi connectivity index (χ1n) is 10.2. The summed E-state index contributed by atoms with van der Waals surface area (Å²) >= 11 is 0. The maximum absolute atomic E-state index is 13.0. The fraction of sp³-hybridized carbons (Fsp3) is 0.435. The lowest BCUT2D eigenvalue weighted by Gasteiger charge is -2.32. The number of hydrogen-bond donors (Lipinski definition) is 1. The van der Waals surface area contributed by atoms with Crippen molar-refractivity contribution in [3.05, 3.63) is 65.2 Å². The zero-order chi connectivity index (χ0) is 20.9. The predicted molar refractivity (Wildman–Crippen MR) is 115 cm³/mol. The van der Waals surface area contributed by atoms with Gasteiger partial charge in [-0.3, -0.25) is 4.79 Å². The number of carbonyl (C=O) groups excluding carboxylic acids is 1. The first-order chi connectivity index (χ1) is 13.9. The van der Waals surface area contributed by atoms with Crippen molar-refractivity contribution < 1.29 is 13.2 Å². The third-order valence-electron chi connectivity index (χ3n) is 5.58. The predicted octanol–water partition coefficient (Wildman–Crippen LogP) is 3.80. The van der Waals surface area contributed by atoms with Crippen molar-refractivity contribution in [2.24, 2.45) is 5.92 Å². The number of rotatable bonds is 7. The first-order valence-corrected chi connectivity index (χ1v) is 11.7. The molecule has 1 amide bonds. The standard InChI is InChI=1S/C23H30N2O3S/c1-18-9-11-20(12-10-18)16-24-23(26)14-13-21-7-5-15-25(17-21)29(27,28)22-8-4-3-6-19(22)2/h3-4,6,8-12,21H,5,7,13-17H2,1-2H3,(H,24,26). The second-order valence-electron chi connectivity index (χ2n) is 7.94. The molecule has 0 radical (unpaired) electrons. The molecular formula is C23H30N2O3S. The van der Waals surface area contributed by atoms with Crippen LogP contribution in [0.5, 0.6) is 0 Å². The van der Waals surface area contributed by atoms with Crippen LogP contribution in [-0.2, 0) is 21.4 Å². The Bertz CT molecular complexity index is 939. The Hall–Kier alpha value is -2.18. The molecule has 6 heteroatoms. The Morgan fingerprint density at radius 3 is 2.55 bits per heavy atom. The Morgan fingerprint density at radius 2 is 1.83 bits per heavy atom. The summed E-state index contributed by atoms with van der Waals surface area (Å²) in [5.41, 5.74) is 3.05. The first kappa shape index (κ1) is 21.5. The van der Waals surface area contributed by atoms with E-state index in [-0.39, 0.29) is 11.8 Å². The largest absolute Gasteiger partial charge is 0.352 e. The van der Waals surface area contributed by atoms with Gasteiger partial charge in [-0.15, -0.1) is 0 Å². The van der Waals surface area contributed by atoms with Crippen LogP contribution in [0.25, 0.3) is 0 Å². The number of aryl methyl sites for hydroxylation is 2. The van der Waals surface area contributed by atoms with Crippen molar-refractivity contribution in [3.63, 3.8) is 0 Å². The fourth-order valence-electron chi connectivity index (χ4n) is 3.80. The summed E-state index contributed by atoms with van der Waals surface area (Å²) < 4.78 is 27.6. The molecule has 2 aromatic rings. The molecule has 1 atom stereocenters. The smallest absolute Gasteiger partial charge is 0.243 e. The minimum absolute atomic E-state index is 0.0180. The minimum atomic E-state index is -3.48. The van der Waals surface area contributed by atoms with Gasteiger partial charge >= 0.3 is 0 Å². The van der Waals surface area contributed by atoms with Crippen LogP contribution in [-0.4, -0.2) is 31.7 Å². The van der Waals surface area contributed by atoms with E-state index in [1.165, 1.54) is 5.56 Å². The molecule has 1 aliphatic heterocycles. The van der Waals surface area contributed by atoms with Gasteiger partial charge < -0.3 is 5.32 Å². The Balaban J connectivity index is 1.51. The average molecular weight is 415 g/mol. The van der Waals surface area contributed by atoms with E-state index in [4.69, 9.17) is 0 Å². The van der Waals surface area contributed by atoms with E-state index in [1.807, 2.05) is 50.2 Å². The van der Waals surface area contributed by atoms with Gasteiger partial charge in [-0.2, -0.15) is 4.31 Å². The number of nitrogens with one attached hydrogen (secondary N) is 1. The van der Waals surface area contributed by atoms with E-state index in [2.05, 4.69) is 5.32 Å². The molecule has 2 aromatic carbocycles. The van der Waals surface area contributed by atoms with Gasteiger partial charge in [0.2, 0.25) is 15.9 Å². The third-order valence-corrected chi connectivity index (χ3v) is 7.61. The molecule has 0 aliphatic carbocycles. The van der Waals surface area contributed by atoms with E-state index in [9.17, 15) is 13.2 Å². The lowest BCUT2D eigenvalue weighted by atomic mass is 9.94. The summed E-state index contributed by atoms with van der Waals surface area (Å²) in [7, 11) is -3.48. The zero-order valence-corrected chi connectivity index (χ0v) is 18.0. The summed E-state index contributed by atoms with van der Waals surface area (Å²) in [5.74, 6) is 0.233. The third kappa shape index (κ3) is 5.67. The molecule has 1 unspecified atom stereocenters. The van der Waals surface area contributed by atoms with Crippen LogP contribution in [0.4, 0.5) is 0 Å². The van der Waals surface area contributed by atoms with Gasteiger partial charge in [0.25, 0.3) is 0 Å². The lowest BCUT2D eigenvalue weighted by molar-refractivity contribution is -0.121. The number of nitrogens with zero attached hydrogens (tertiary/aromatic N) is 1. The number of carbonyl (C=O) groups is 1. The molecule has 0 aromatic heterocycles. The summed E-state index contributed by atoms with van der Waals surface area (Å²) in [6.45, 7) is 5.42. The number of piperidine rings is 1. The van der Waals surface area contributed by atoms with E-state index in [1.54, 1.807) is 16.4 Å². The van der Waals surface area contributed by atoms with Crippen LogP contribution in [0.15, 0.2) is 53.4 Å². The normalized spacial score (nSPS) is 17.8.